The quantitative estimate of drug-likeness (QED) is 0.865. The smallest absolute Gasteiger partial charge is 0.0551 e. The SMILES string of the molecule is Clc1cc(CNC2CCCCC2)ccc1Br. The molecule has 1 aliphatic carbocycles. The van der Waals surface area contributed by atoms with Gasteiger partial charge < -0.3 is 5.32 Å². The Balaban J connectivity index is 1.86. The van der Waals surface area contributed by atoms with Gasteiger partial charge >= 0.3 is 0 Å². The molecule has 0 amide bonds. The van der Waals surface area contributed by atoms with Crippen LogP contribution in [0.3, 0.4) is 0 Å². The Labute approximate surface area is 111 Å². The Morgan fingerprint density at radius 3 is 2.69 bits per heavy atom. The van der Waals surface area contributed by atoms with Crippen LogP contribution in [0.4, 0.5) is 0 Å². The van der Waals surface area contributed by atoms with Crippen molar-refractivity contribution in [2.75, 3.05) is 0 Å². The fourth-order valence-corrected chi connectivity index (χ4v) is 2.67. The fraction of sp³-hybridized carbons (Fsp3) is 0.538. The third kappa shape index (κ3) is 3.47. The second-order valence-corrected chi connectivity index (χ2v) is 5.73. The minimum absolute atomic E-state index is 0.705. The van der Waals surface area contributed by atoms with Crippen molar-refractivity contribution in [3.63, 3.8) is 0 Å². The van der Waals surface area contributed by atoms with Gasteiger partial charge in [-0.25, -0.2) is 0 Å². The maximum Gasteiger partial charge on any atom is 0.0551 e. The summed E-state index contributed by atoms with van der Waals surface area (Å²) in [5, 5.41) is 4.41. The van der Waals surface area contributed by atoms with Gasteiger partial charge in [0.15, 0.2) is 0 Å². The van der Waals surface area contributed by atoms with Gasteiger partial charge in [-0.3, -0.25) is 0 Å². The zero-order chi connectivity index (χ0) is 11.4. The van der Waals surface area contributed by atoms with Crippen molar-refractivity contribution in [3.05, 3.63) is 33.3 Å². The van der Waals surface area contributed by atoms with Crippen LogP contribution in [-0.2, 0) is 6.54 Å². The van der Waals surface area contributed by atoms with Crippen LogP contribution in [0.25, 0.3) is 0 Å². The van der Waals surface area contributed by atoms with Crippen LogP contribution in [0.5, 0.6) is 0 Å². The van der Waals surface area contributed by atoms with Crippen LogP contribution in [-0.4, -0.2) is 6.04 Å². The molecule has 0 aromatic heterocycles. The van der Waals surface area contributed by atoms with Gasteiger partial charge in [0.05, 0.1) is 5.02 Å². The van der Waals surface area contributed by atoms with Crippen molar-refractivity contribution < 1.29 is 0 Å². The molecular formula is C13H17BrClN. The Bertz CT molecular complexity index is 348. The molecule has 16 heavy (non-hydrogen) atoms. The third-order valence-electron chi connectivity index (χ3n) is 3.18. The first-order chi connectivity index (χ1) is 7.75. The molecule has 1 aromatic rings. The molecule has 0 bridgehead atoms. The standard InChI is InChI=1S/C13H17BrClN/c14-12-7-6-10(8-13(12)15)9-16-11-4-2-1-3-5-11/h6-8,11,16H,1-5,9H2. The molecule has 0 saturated heterocycles. The van der Waals surface area contributed by atoms with Crippen LogP contribution >= 0.6 is 27.5 Å². The van der Waals surface area contributed by atoms with Crippen molar-refractivity contribution in [2.24, 2.45) is 0 Å². The van der Waals surface area contributed by atoms with Gasteiger partial charge in [0.2, 0.25) is 0 Å². The topological polar surface area (TPSA) is 12.0 Å². The second-order valence-electron chi connectivity index (χ2n) is 4.46. The molecule has 1 fully saturated rings. The maximum atomic E-state index is 6.06. The van der Waals surface area contributed by atoms with Crippen LogP contribution in [0.2, 0.25) is 5.02 Å². The average Bonchev–Trinajstić information content (AvgIpc) is 2.32. The average molecular weight is 303 g/mol. The van der Waals surface area contributed by atoms with Crippen molar-refractivity contribution in [3.8, 4) is 0 Å². The monoisotopic (exact) mass is 301 g/mol. The summed E-state index contributed by atoms with van der Waals surface area (Å²) >= 11 is 9.47. The van der Waals surface area contributed by atoms with E-state index in [-0.39, 0.29) is 0 Å². The molecule has 3 heteroatoms. The van der Waals surface area contributed by atoms with Crippen molar-refractivity contribution in [1.82, 2.24) is 5.32 Å². The molecule has 0 heterocycles. The van der Waals surface area contributed by atoms with Crippen molar-refractivity contribution >= 4 is 27.5 Å². The molecule has 0 unspecified atom stereocenters. The third-order valence-corrected chi connectivity index (χ3v) is 4.42. The molecule has 2 rings (SSSR count). The van der Waals surface area contributed by atoms with Crippen LogP contribution in [0, 0.1) is 0 Å². The van der Waals surface area contributed by atoms with Gasteiger partial charge in [-0.05, 0) is 46.5 Å². The fourth-order valence-electron chi connectivity index (χ4n) is 2.22. The van der Waals surface area contributed by atoms with E-state index in [4.69, 9.17) is 11.6 Å². The van der Waals surface area contributed by atoms with Gasteiger partial charge in [0, 0.05) is 17.1 Å². The largest absolute Gasteiger partial charge is 0.310 e. The highest BCUT2D eigenvalue weighted by atomic mass is 79.9. The lowest BCUT2D eigenvalue weighted by Crippen LogP contribution is -2.30. The molecule has 1 aliphatic rings. The van der Waals surface area contributed by atoms with Crippen molar-refractivity contribution in [2.45, 2.75) is 44.7 Å². The van der Waals surface area contributed by atoms with Gasteiger partial charge in [-0.15, -0.1) is 0 Å². The molecule has 1 N–H and O–H groups in total. The van der Waals surface area contributed by atoms with Crippen LogP contribution in [0.15, 0.2) is 22.7 Å². The molecule has 1 saturated carbocycles. The number of hydrogen-bond acceptors (Lipinski definition) is 1. The zero-order valence-electron chi connectivity index (χ0n) is 9.31. The molecule has 0 atom stereocenters. The lowest BCUT2D eigenvalue weighted by Gasteiger charge is -2.22. The number of benzene rings is 1. The van der Waals surface area contributed by atoms with Crippen molar-refractivity contribution in [1.29, 1.82) is 0 Å². The van der Waals surface area contributed by atoms with Crippen LogP contribution < -0.4 is 5.32 Å². The molecule has 0 spiro atoms. The highest BCUT2D eigenvalue weighted by Gasteiger charge is 2.12. The minimum atomic E-state index is 0.705. The molecule has 0 aliphatic heterocycles. The van der Waals surface area contributed by atoms with Gasteiger partial charge in [0.25, 0.3) is 0 Å². The molecule has 1 aromatic carbocycles. The summed E-state index contributed by atoms with van der Waals surface area (Å²) in [4.78, 5) is 0. The summed E-state index contributed by atoms with van der Waals surface area (Å²) in [6, 6.07) is 6.86. The molecular weight excluding hydrogens is 286 g/mol. The Kier molecular flexibility index (Phi) is 4.68. The summed E-state index contributed by atoms with van der Waals surface area (Å²) < 4.78 is 0.968. The molecule has 0 radical (unpaired) electrons. The minimum Gasteiger partial charge on any atom is -0.310 e. The summed E-state index contributed by atoms with van der Waals surface area (Å²) in [5.41, 5.74) is 1.26. The second kappa shape index (κ2) is 6.04. The lowest BCUT2D eigenvalue weighted by atomic mass is 9.95. The summed E-state index contributed by atoms with van der Waals surface area (Å²) in [7, 11) is 0. The van der Waals surface area contributed by atoms with E-state index < -0.39 is 0 Å². The Morgan fingerprint density at radius 1 is 1.25 bits per heavy atom. The normalized spacial score (nSPS) is 17.6. The summed E-state index contributed by atoms with van der Waals surface area (Å²) in [5.74, 6) is 0. The lowest BCUT2D eigenvalue weighted by molar-refractivity contribution is 0.372. The van der Waals surface area contributed by atoms with E-state index >= 15 is 0 Å². The van der Waals surface area contributed by atoms with Gasteiger partial charge in [-0.2, -0.15) is 0 Å². The molecule has 1 nitrogen and oxygen atoms in total. The number of rotatable bonds is 3. The van der Waals surface area contributed by atoms with E-state index in [1.807, 2.05) is 12.1 Å². The predicted molar refractivity (Wildman–Crippen MR) is 72.9 cm³/mol. The maximum absolute atomic E-state index is 6.06. The zero-order valence-corrected chi connectivity index (χ0v) is 11.6. The van der Waals surface area contributed by atoms with E-state index in [1.165, 1.54) is 37.7 Å². The first-order valence-electron chi connectivity index (χ1n) is 5.93. The summed E-state index contributed by atoms with van der Waals surface area (Å²) in [6.45, 7) is 0.928. The number of nitrogens with one attached hydrogen (secondary N) is 1. The van der Waals surface area contributed by atoms with E-state index in [0.717, 1.165) is 16.0 Å². The number of hydrogen-bond donors (Lipinski definition) is 1. The highest BCUT2D eigenvalue weighted by Crippen LogP contribution is 2.23. The first kappa shape index (κ1) is 12.4. The van der Waals surface area contributed by atoms with E-state index in [9.17, 15) is 0 Å². The van der Waals surface area contributed by atoms with Gasteiger partial charge in [-0.1, -0.05) is 36.9 Å². The van der Waals surface area contributed by atoms with E-state index in [2.05, 4.69) is 27.3 Å². The Hall–Kier alpha value is -0.0500. The predicted octanol–water partition coefficient (Wildman–Crippen LogP) is 4.52. The molecule has 88 valence electrons. The van der Waals surface area contributed by atoms with Gasteiger partial charge in [0.1, 0.15) is 0 Å². The summed E-state index contributed by atoms with van der Waals surface area (Å²) in [6.07, 6.45) is 6.80. The van der Waals surface area contributed by atoms with E-state index in [0.29, 0.717) is 6.04 Å². The highest BCUT2D eigenvalue weighted by molar-refractivity contribution is 9.10. The van der Waals surface area contributed by atoms with E-state index in [1.54, 1.807) is 0 Å². The van der Waals surface area contributed by atoms with Crippen LogP contribution in [0.1, 0.15) is 37.7 Å². The number of halogens is 2. The first-order valence-corrected chi connectivity index (χ1v) is 7.10. The Morgan fingerprint density at radius 2 is 2.00 bits per heavy atom.